The molecule has 0 spiro atoms. The Morgan fingerprint density at radius 1 is 0.571 bits per heavy atom. The Bertz CT molecular complexity index is 746. The van der Waals surface area contributed by atoms with Crippen LogP contribution in [0.3, 0.4) is 0 Å². The van der Waals surface area contributed by atoms with E-state index in [4.69, 9.17) is 147 Å². The first-order valence-corrected chi connectivity index (χ1v) is 20.6. The number of aliphatic hydroxyl groups excluding tert-OH is 1. The molecule has 0 unspecified atom stereocenters. The van der Waals surface area contributed by atoms with Gasteiger partial charge in [0.2, 0.25) is 14.5 Å². The average molecular weight is 1240 g/mol. The van der Waals surface area contributed by atoms with Gasteiger partial charge in [0, 0.05) is 6.92 Å². The van der Waals surface area contributed by atoms with Crippen LogP contribution in [0, 0.1) is 0 Å². The monoisotopic (exact) mass is 1230 g/mol. The van der Waals surface area contributed by atoms with Gasteiger partial charge in [0.25, 0.3) is 5.97 Å². The minimum absolute atomic E-state index is 0. The van der Waals surface area contributed by atoms with Crippen molar-refractivity contribution in [2.75, 3.05) is 0 Å². The van der Waals surface area contributed by atoms with Crippen molar-refractivity contribution in [3.8, 4) is 0 Å². The number of alkyl halides is 6. The Labute approximate surface area is 347 Å². The smallest absolute Gasteiger partial charge is 0.675 e. The molecule has 25 heteroatoms. The van der Waals surface area contributed by atoms with Crippen molar-refractivity contribution < 1.29 is 92.2 Å². The van der Waals surface area contributed by atoms with E-state index in [2.05, 4.69) is 6.58 Å². The number of hydrogen-bond acceptors (Lipinski definition) is 6. The normalized spacial score (nSPS) is 18.2. The summed E-state index contributed by atoms with van der Waals surface area (Å²) in [6.07, 6.45) is 7.62. The van der Waals surface area contributed by atoms with Gasteiger partial charge in [-0.25, -0.2) is 19.2 Å². The third-order valence-electron chi connectivity index (χ3n) is 4.26. The topological polar surface area (TPSA) is 302 Å². The number of halogens is 8. The summed E-state index contributed by atoms with van der Waals surface area (Å²) in [5.41, 5.74) is 29.1. The standard InChI is InChI=1S/2C6H12N2.C3H4O3.3C2H2Cl2O2.C2H4O2.CH4.2ClH.2Pt/c2*7-5-1-2-6(8)4-3-5;1-2(4)3(5)6;3*3-1(4)2(5)6;1-2(3)4;;;;;/h2*5-8H,1-4H2;4H,1H2,(H,5,6);3*1H,(H,5,6);1H3,(H,3,4);1H4;2*1H;;/q2*-2;;;;;;;;;+2;+4/p-2. The number of aliphatic carboxylic acids is 5. The van der Waals surface area contributed by atoms with E-state index in [0.29, 0.717) is 0 Å². The number of carbonyl (C=O) groups is 5. The summed E-state index contributed by atoms with van der Waals surface area (Å²) in [7, 11) is 9.75. The number of carboxylic acid groups (broad SMARTS) is 5. The maximum absolute atomic E-state index is 9.44. The summed E-state index contributed by atoms with van der Waals surface area (Å²) in [6, 6.07) is 0.599. The molecule has 2 aliphatic rings. The maximum Gasteiger partial charge on any atom is 2.00 e. The van der Waals surface area contributed by atoms with E-state index in [1.807, 2.05) is 0 Å². The van der Waals surface area contributed by atoms with Gasteiger partial charge in [0.05, 0.1) is 0 Å². The quantitative estimate of drug-likeness (QED) is 0.0874. The number of carboxylic acids is 5. The predicted octanol–water partition coefficient (Wildman–Crippen LogP) is 9.67. The van der Waals surface area contributed by atoms with Gasteiger partial charge in [-0.05, 0) is 6.58 Å². The molecule has 49 heavy (non-hydrogen) atoms. The summed E-state index contributed by atoms with van der Waals surface area (Å²) in [5.74, 6) is -6.67. The first-order chi connectivity index (χ1) is 21.3. The predicted molar refractivity (Wildman–Crippen MR) is 190 cm³/mol. The molecule has 300 valence electrons. The third-order valence-corrected chi connectivity index (χ3v) is 5.38. The van der Waals surface area contributed by atoms with Crippen molar-refractivity contribution in [1.82, 2.24) is 0 Å². The van der Waals surface area contributed by atoms with E-state index in [1.54, 1.807) is 0 Å². The molecule has 0 aromatic carbocycles. The fourth-order valence-electron chi connectivity index (χ4n) is 2.19. The number of aliphatic hydroxyl groups is 1. The molecule has 2 aliphatic carbocycles. The van der Waals surface area contributed by atoms with Crippen molar-refractivity contribution in [2.45, 2.75) is 104 Å². The van der Waals surface area contributed by atoms with Crippen LogP contribution in [0.25, 0.3) is 22.9 Å². The van der Waals surface area contributed by atoms with Gasteiger partial charge in [-0.2, -0.15) is 0 Å². The molecule has 15 nitrogen and oxygen atoms in total. The summed E-state index contributed by atoms with van der Waals surface area (Å²) in [6.45, 7) is 3.79. The van der Waals surface area contributed by atoms with Crippen LogP contribution in [0.1, 0.15) is 65.7 Å². The molecule has 0 aromatic rings. The van der Waals surface area contributed by atoms with Crippen molar-refractivity contribution in [3.63, 3.8) is 0 Å². The molecule has 0 aromatic heterocycles. The number of rotatable bonds is 4. The number of nitrogens with one attached hydrogen (secondary N) is 4. The molecule has 0 heterocycles. The van der Waals surface area contributed by atoms with Crippen LogP contribution in [0.15, 0.2) is 12.3 Å². The van der Waals surface area contributed by atoms with Crippen LogP contribution in [0.4, 0.5) is 0 Å². The first-order valence-electron chi connectivity index (χ1n) is 12.3. The molecular formula is C24H42Cl8N4O11Pt2. The van der Waals surface area contributed by atoms with Crippen molar-refractivity contribution in [2.24, 2.45) is 0 Å². The van der Waals surface area contributed by atoms with Crippen LogP contribution in [0.2, 0.25) is 0 Å². The SMILES string of the molecule is C.C=C(O)C(=O)O.CC(=O)O.O=C(O)C(Cl)Cl.O=C(O)C(Cl)Cl.O=C(O)C(Cl)Cl.[Cl][Pt+2][Cl].[NH-]C1CCC([NH-])CC1.[NH-]C1CCC([NH-])CC1.[Pt+2]. The maximum atomic E-state index is 9.44. The Morgan fingerprint density at radius 2 is 0.653 bits per heavy atom. The van der Waals surface area contributed by atoms with Gasteiger partial charge >= 0.3 is 80.3 Å². The summed E-state index contributed by atoms with van der Waals surface area (Å²) in [4.78, 5) is 42.8. The molecule has 2 fully saturated rings. The minimum Gasteiger partial charge on any atom is -0.675 e. The third kappa shape index (κ3) is 78.7. The molecular weight excluding hydrogens is 1190 g/mol. The summed E-state index contributed by atoms with van der Waals surface area (Å²) >= 11 is 28.2. The molecule has 0 aliphatic heterocycles. The van der Waals surface area contributed by atoms with E-state index in [1.165, 1.54) is 0 Å². The second kappa shape index (κ2) is 46.4. The van der Waals surface area contributed by atoms with E-state index in [-0.39, 0.29) is 52.7 Å². The second-order valence-electron chi connectivity index (χ2n) is 8.33. The van der Waals surface area contributed by atoms with Crippen LogP contribution in [0.5, 0.6) is 0 Å². The van der Waals surface area contributed by atoms with E-state index >= 15 is 0 Å². The van der Waals surface area contributed by atoms with Crippen LogP contribution in [-0.2, 0) is 61.5 Å². The fourth-order valence-corrected chi connectivity index (χ4v) is 2.19. The molecule has 0 saturated heterocycles. The van der Waals surface area contributed by atoms with Gasteiger partial charge in [-0.1, -0.05) is 128 Å². The van der Waals surface area contributed by atoms with Crippen LogP contribution in [-0.4, -0.2) is 99.2 Å². The Balaban J connectivity index is -0.0000000660. The largest absolute Gasteiger partial charge is 2.00 e. The zero-order valence-electron chi connectivity index (χ0n) is 24.8. The molecule has 0 amide bonds. The van der Waals surface area contributed by atoms with Crippen LogP contribution >= 0.6 is 88.4 Å². The fraction of sp³-hybridized carbons (Fsp3) is 0.708. The van der Waals surface area contributed by atoms with Crippen molar-refractivity contribution in [1.29, 1.82) is 0 Å². The molecule has 10 N–H and O–H groups in total. The zero-order valence-corrected chi connectivity index (χ0v) is 35.4. The van der Waals surface area contributed by atoms with E-state index < -0.39 is 66.6 Å². The number of hydrogen-bond donors (Lipinski definition) is 6. The molecule has 0 bridgehead atoms. The molecule has 0 atom stereocenters. The Hall–Kier alpha value is 0.427. The molecule has 2 saturated carbocycles. The Morgan fingerprint density at radius 3 is 0.694 bits per heavy atom. The average Bonchev–Trinajstić information content (AvgIpc) is 2.93. The van der Waals surface area contributed by atoms with Gasteiger partial charge in [-0.15, -0.1) is 24.2 Å². The second-order valence-corrected chi connectivity index (χ2v) is 14.9. The van der Waals surface area contributed by atoms with Gasteiger partial charge in [0.1, 0.15) is 0 Å². The first kappa shape index (κ1) is 67.5. The van der Waals surface area contributed by atoms with Crippen molar-refractivity contribution in [3.05, 3.63) is 35.3 Å². The summed E-state index contributed by atoms with van der Waals surface area (Å²) < 4.78 is 0. The minimum atomic E-state index is -1.38. The molecule has 2 rings (SSSR count). The Kier molecular flexibility index (Phi) is 64.0. The van der Waals surface area contributed by atoms with Crippen LogP contribution < -0.4 is 0 Å². The van der Waals surface area contributed by atoms with E-state index in [0.717, 1.165) is 58.3 Å². The zero-order chi connectivity index (χ0) is 38.9. The summed E-state index contributed by atoms with van der Waals surface area (Å²) in [5, 5.41) is 46.1. The molecule has 0 radical (unpaired) electrons. The van der Waals surface area contributed by atoms with Gasteiger partial charge in [-0.3, -0.25) is 4.79 Å². The van der Waals surface area contributed by atoms with Gasteiger partial charge in [0.15, 0.2) is 5.76 Å². The van der Waals surface area contributed by atoms with Crippen molar-refractivity contribution >= 4 is 118 Å². The van der Waals surface area contributed by atoms with E-state index in [9.17, 15) is 19.2 Å². The van der Waals surface area contributed by atoms with Gasteiger partial charge < -0.3 is 53.6 Å².